The third kappa shape index (κ3) is 2.71. The molecule has 1 atom stereocenters. The average molecular weight is 387 g/mol. The molecular weight excluding hydrogens is 370 g/mol. The fraction of sp³-hybridized carbons (Fsp3) is 0.278. The molecule has 1 N–H and O–H groups in total. The van der Waals surface area contributed by atoms with Gasteiger partial charge in [-0.1, -0.05) is 0 Å². The lowest BCUT2D eigenvalue weighted by Gasteiger charge is -2.26. The van der Waals surface area contributed by atoms with Crippen LogP contribution in [0.4, 0.5) is 5.82 Å². The van der Waals surface area contributed by atoms with Crippen LogP contribution in [-0.2, 0) is 4.79 Å². The number of hydrogen-bond donors (Lipinski definition) is 1. The number of thiazole rings is 1. The molecule has 0 unspecified atom stereocenters. The monoisotopic (exact) mass is 387 g/mol. The summed E-state index contributed by atoms with van der Waals surface area (Å²) in [6.45, 7) is 0. The molecule has 0 bridgehead atoms. The first kappa shape index (κ1) is 17.3. The van der Waals surface area contributed by atoms with Crippen molar-refractivity contribution in [3.63, 3.8) is 0 Å². The molecule has 3 heterocycles. The molecule has 1 aliphatic heterocycles. The van der Waals surface area contributed by atoms with Crippen LogP contribution in [0.3, 0.4) is 0 Å². The van der Waals surface area contributed by atoms with E-state index in [1.54, 1.807) is 22.7 Å². The van der Waals surface area contributed by atoms with E-state index in [4.69, 9.17) is 14.2 Å². The molecule has 1 aliphatic rings. The smallest absolute Gasteiger partial charge is 0.279 e. The van der Waals surface area contributed by atoms with Gasteiger partial charge in [0, 0.05) is 23.9 Å². The Morgan fingerprint density at radius 2 is 1.85 bits per heavy atom. The van der Waals surface area contributed by atoms with E-state index in [1.165, 1.54) is 32.7 Å². The maximum atomic E-state index is 12.7. The zero-order chi connectivity index (χ0) is 19.1. The van der Waals surface area contributed by atoms with E-state index >= 15 is 0 Å². The summed E-state index contributed by atoms with van der Waals surface area (Å²) in [5, 5.41) is 4.63. The highest BCUT2D eigenvalue weighted by atomic mass is 32.1. The number of amides is 1. The van der Waals surface area contributed by atoms with Gasteiger partial charge in [0.1, 0.15) is 5.82 Å². The van der Waals surface area contributed by atoms with Crippen LogP contribution in [-0.4, -0.2) is 36.6 Å². The van der Waals surface area contributed by atoms with Gasteiger partial charge in [0.2, 0.25) is 11.7 Å². The highest BCUT2D eigenvalue weighted by Crippen LogP contribution is 2.43. The lowest BCUT2D eigenvalue weighted by molar-refractivity contribution is -0.116. The van der Waals surface area contributed by atoms with Gasteiger partial charge in [-0.05, 0) is 17.7 Å². The number of fused-ring (bicyclic) bond motifs is 3. The summed E-state index contributed by atoms with van der Waals surface area (Å²) in [7, 11) is 4.56. The molecule has 0 saturated heterocycles. The van der Waals surface area contributed by atoms with Crippen molar-refractivity contribution in [3.8, 4) is 17.2 Å². The minimum Gasteiger partial charge on any atom is -0.493 e. The van der Waals surface area contributed by atoms with Gasteiger partial charge < -0.3 is 19.5 Å². The van der Waals surface area contributed by atoms with Gasteiger partial charge >= 0.3 is 0 Å². The lowest BCUT2D eigenvalue weighted by Crippen LogP contribution is -2.31. The number of rotatable bonds is 4. The van der Waals surface area contributed by atoms with Gasteiger partial charge in [0.05, 0.1) is 26.9 Å². The summed E-state index contributed by atoms with van der Waals surface area (Å²) in [4.78, 5) is 29.8. The summed E-state index contributed by atoms with van der Waals surface area (Å²) in [6, 6.07) is 3.52. The molecule has 140 valence electrons. The Kier molecular flexibility index (Phi) is 4.23. The molecule has 8 nitrogen and oxygen atoms in total. The molecule has 3 aromatic rings. The van der Waals surface area contributed by atoms with E-state index in [0.29, 0.717) is 33.6 Å². The first-order chi connectivity index (χ1) is 13.1. The third-order valence-corrected chi connectivity index (χ3v) is 5.35. The van der Waals surface area contributed by atoms with Crippen LogP contribution >= 0.6 is 11.3 Å². The van der Waals surface area contributed by atoms with Crippen molar-refractivity contribution in [1.82, 2.24) is 9.38 Å². The molecule has 0 radical (unpaired) electrons. The molecule has 1 amide bonds. The minimum absolute atomic E-state index is 0.124. The Morgan fingerprint density at radius 1 is 1.15 bits per heavy atom. The van der Waals surface area contributed by atoms with E-state index in [9.17, 15) is 9.59 Å². The van der Waals surface area contributed by atoms with Crippen molar-refractivity contribution in [2.24, 2.45) is 0 Å². The molecule has 0 fully saturated rings. The Bertz CT molecular complexity index is 1080. The molecule has 0 saturated carbocycles. The molecule has 0 spiro atoms. The van der Waals surface area contributed by atoms with Crippen LogP contribution in [0.25, 0.3) is 4.96 Å². The van der Waals surface area contributed by atoms with Crippen LogP contribution < -0.4 is 25.1 Å². The van der Waals surface area contributed by atoms with E-state index in [2.05, 4.69) is 10.3 Å². The quantitative estimate of drug-likeness (QED) is 0.738. The average Bonchev–Trinajstić information content (AvgIpc) is 3.14. The van der Waals surface area contributed by atoms with Gasteiger partial charge in [-0.3, -0.25) is 14.0 Å². The topological polar surface area (TPSA) is 91.2 Å². The molecular formula is C18H17N3O5S. The normalized spacial score (nSPS) is 16.0. The fourth-order valence-electron chi connectivity index (χ4n) is 3.40. The predicted octanol–water partition coefficient (Wildman–Crippen LogP) is 2.26. The van der Waals surface area contributed by atoms with E-state index in [-0.39, 0.29) is 17.9 Å². The first-order valence-corrected chi connectivity index (χ1v) is 9.04. The van der Waals surface area contributed by atoms with Crippen LogP contribution in [0, 0.1) is 0 Å². The highest BCUT2D eigenvalue weighted by Gasteiger charge is 2.33. The van der Waals surface area contributed by atoms with E-state index in [1.807, 2.05) is 5.38 Å². The Hall–Kier alpha value is -3.07. The lowest BCUT2D eigenvalue weighted by atomic mass is 9.86. The van der Waals surface area contributed by atoms with Crippen LogP contribution in [0.15, 0.2) is 28.5 Å². The number of carbonyl (C=O) groups excluding carboxylic acids is 1. The molecule has 27 heavy (non-hydrogen) atoms. The zero-order valence-electron chi connectivity index (χ0n) is 14.9. The van der Waals surface area contributed by atoms with Gasteiger partial charge in [0.15, 0.2) is 16.5 Å². The molecule has 1 aromatic carbocycles. The zero-order valence-corrected chi connectivity index (χ0v) is 15.8. The summed E-state index contributed by atoms with van der Waals surface area (Å²) in [6.07, 6.45) is 1.90. The van der Waals surface area contributed by atoms with Gasteiger partial charge in [0.25, 0.3) is 5.56 Å². The number of benzene rings is 1. The van der Waals surface area contributed by atoms with Gasteiger partial charge in [-0.2, -0.15) is 4.98 Å². The second kappa shape index (κ2) is 6.58. The second-order valence-corrected chi connectivity index (χ2v) is 6.87. The van der Waals surface area contributed by atoms with Crippen LogP contribution in [0.2, 0.25) is 0 Å². The first-order valence-electron chi connectivity index (χ1n) is 8.17. The van der Waals surface area contributed by atoms with Crippen molar-refractivity contribution in [2.45, 2.75) is 12.3 Å². The number of methoxy groups -OCH3 is 3. The summed E-state index contributed by atoms with van der Waals surface area (Å²) in [5.74, 6) is 1.19. The van der Waals surface area contributed by atoms with Crippen LogP contribution in [0.1, 0.15) is 23.5 Å². The maximum Gasteiger partial charge on any atom is 0.279 e. The van der Waals surface area contributed by atoms with E-state index in [0.717, 1.165) is 5.56 Å². The molecule has 4 rings (SSSR count). The van der Waals surface area contributed by atoms with Crippen molar-refractivity contribution in [1.29, 1.82) is 0 Å². The predicted molar refractivity (Wildman–Crippen MR) is 101 cm³/mol. The Labute approximate surface area is 158 Å². The number of ether oxygens (including phenoxy) is 3. The Morgan fingerprint density at radius 3 is 2.48 bits per heavy atom. The minimum atomic E-state index is -0.473. The summed E-state index contributed by atoms with van der Waals surface area (Å²) in [5.41, 5.74) is 0.806. The number of carbonyl (C=O) groups is 1. The summed E-state index contributed by atoms with van der Waals surface area (Å²) >= 11 is 1.33. The standard InChI is InChI=1S/C18H17N3O5S/c1-24-11-6-9(7-12(25-2)15(11)26-3)10-8-13(22)19-16-14(10)17(23)20-18-21(16)4-5-27-18/h4-7,10H,8H2,1-3H3,(H,19,22)/t10-/m0/s1. The van der Waals surface area contributed by atoms with Crippen molar-refractivity contribution >= 4 is 28.0 Å². The van der Waals surface area contributed by atoms with Gasteiger partial charge in [-0.25, -0.2) is 0 Å². The van der Waals surface area contributed by atoms with Crippen molar-refractivity contribution in [2.75, 3.05) is 26.6 Å². The number of anilines is 1. The third-order valence-electron chi connectivity index (χ3n) is 4.60. The number of hydrogen-bond acceptors (Lipinski definition) is 7. The second-order valence-electron chi connectivity index (χ2n) is 6.00. The number of nitrogens with zero attached hydrogens (tertiary/aromatic N) is 2. The van der Waals surface area contributed by atoms with Crippen molar-refractivity contribution in [3.05, 3.63) is 45.2 Å². The molecule has 9 heteroatoms. The fourth-order valence-corrected chi connectivity index (χ4v) is 4.11. The van der Waals surface area contributed by atoms with E-state index < -0.39 is 5.92 Å². The van der Waals surface area contributed by atoms with Crippen LogP contribution in [0.5, 0.6) is 17.2 Å². The molecule has 0 aliphatic carbocycles. The largest absolute Gasteiger partial charge is 0.493 e. The number of nitrogens with one attached hydrogen (secondary N) is 1. The SMILES string of the molecule is COc1cc([C@@H]2CC(=O)Nc3c2c(=O)nc2sccn32)cc(OC)c1OC. The summed E-state index contributed by atoms with van der Waals surface area (Å²) < 4.78 is 17.9. The molecule has 2 aromatic heterocycles. The highest BCUT2D eigenvalue weighted by molar-refractivity contribution is 7.15. The van der Waals surface area contributed by atoms with Gasteiger partial charge in [-0.15, -0.1) is 11.3 Å². The van der Waals surface area contributed by atoms with Crippen molar-refractivity contribution < 1.29 is 19.0 Å². The maximum absolute atomic E-state index is 12.7. The Balaban J connectivity index is 1.97. The number of aromatic nitrogens is 2.